The number of hydrogen-bond acceptors (Lipinski definition) is 4. The molecule has 0 amide bonds. The number of carboxylic acids is 1. The standard InChI is InChI=1S/C19H17F2NO5/c1-26-15-3-10-6-18(8-19(20,21)9-18)22-7-12(17(24)25)14(23)5-13(22)11(10)4-16(15)27-2/h3-5,7H,6,8-9H2,1-2H3,(H,24,25). The number of pyridine rings is 1. The molecule has 0 radical (unpaired) electrons. The Morgan fingerprint density at radius 2 is 1.78 bits per heavy atom. The SMILES string of the molecule is COc1cc2c(cc1OC)-c1cc(=O)c(C(=O)O)cn1C1(C2)CC(F)(F)C1. The zero-order valence-electron chi connectivity index (χ0n) is 14.7. The lowest BCUT2D eigenvalue weighted by Crippen LogP contribution is -2.56. The Morgan fingerprint density at radius 1 is 1.15 bits per heavy atom. The van der Waals surface area contributed by atoms with Crippen molar-refractivity contribution < 1.29 is 28.2 Å². The molecule has 8 heteroatoms. The highest BCUT2D eigenvalue weighted by atomic mass is 19.3. The first-order valence-corrected chi connectivity index (χ1v) is 8.33. The molecule has 142 valence electrons. The van der Waals surface area contributed by atoms with E-state index in [0.29, 0.717) is 22.8 Å². The monoisotopic (exact) mass is 377 g/mol. The van der Waals surface area contributed by atoms with E-state index in [9.17, 15) is 23.5 Å². The van der Waals surface area contributed by atoms with Crippen molar-refractivity contribution in [2.45, 2.75) is 30.7 Å². The van der Waals surface area contributed by atoms with Gasteiger partial charge in [0.1, 0.15) is 5.56 Å². The summed E-state index contributed by atoms with van der Waals surface area (Å²) in [6, 6.07) is 4.61. The molecule has 0 unspecified atom stereocenters. The van der Waals surface area contributed by atoms with Crippen molar-refractivity contribution in [3.8, 4) is 22.8 Å². The fraction of sp³-hybridized carbons (Fsp3) is 0.368. The minimum Gasteiger partial charge on any atom is -0.493 e. The highest BCUT2D eigenvalue weighted by Crippen LogP contribution is 2.56. The van der Waals surface area contributed by atoms with Gasteiger partial charge in [0.05, 0.1) is 25.5 Å². The average molecular weight is 377 g/mol. The van der Waals surface area contributed by atoms with Gasteiger partial charge >= 0.3 is 5.97 Å². The van der Waals surface area contributed by atoms with Crippen LogP contribution in [-0.4, -0.2) is 35.8 Å². The second-order valence-electron chi connectivity index (χ2n) is 7.09. The maximum Gasteiger partial charge on any atom is 0.341 e. The molecule has 1 aromatic heterocycles. The maximum absolute atomic E-state index is 13.8. The number of carboxylic acid groups (broad SMARTS) is 1. The molecule has 1 spiro atoms. The van der Waals surface area contributed by atoms with Crippen molar-refractivity contribution in [3.05, 3.63) is 45.7 Å². The van der Waals surface area contributed by atoms with Crippen molar-refractivity contribution in [1.29, 1.82) is 0 Å². The summed E-state index contributed by atoms with van der Waals surface area (Å²) in [4.78, 5) is 23.7. The Kier molecular flexibility index (Phi) is 3.60. The van der Waals surface area contributed by atoms with E-state index < -0.39 is 41.3 Å². The van der Waals surface area contributed by atoms with E-state index >= 15 is 0 Å². The number of alkyl halides is 2. The summed E-state index contributed by atoms with van der Waals surface area (Å²) in [6.07, 6.45) is 0.646. The molecule has 2 aliphatic rings. The van der Waals surface area contributed by atoms with Crippen molar-refractivity contribution in [3.63, 3.8) is 0 Å². The highest BCUT2D eigenvalue weighted by Gasteiger charge is 2.59. The van der Waals surface area contributed by atoms with Crippen LogP contribution in [0.15, 0.2) is 29.2 Å². The van der Waals surface area contributed by atoms with Gasteiger partial charge in [0, 0.05) is 30.7 Å². The smallest absolute Gasteiger partial charge is 0.341 e. The summed E-state index contributed by atoms with van der Waals surface area (Å²) in [5, 5.41) is 9.28. The van der Waals surface area contributed by atoms with E-state index in [0.717, 1.165) is 5.56 Å². The molecule has 2 aromatic rings. The number of hydrogen-bond donors (Lipinski definition) is 1. The lowest BCUT2D eigenvalue weighted by Gasteiger charge is -2.52. The first kappa shape index (κ1) is 17.5. The Labute approximate surface area is 153 Å². The summed E-state index contributed by atoms with van der Waals surface area (Å²) >= 11 is 0. The molecule has 0 saturated heterocycles. The van der Waals surface area contributed by atoms with Crippen LogP contribution in [-0.2, 0) is 12.0 Å². The van der Waals surface area contributed by atoms with Crippen LogP contribution < -0.4 is 14.9 Å². The summed E-state index contributed by atoms with van der Waals surface area (Å²) in [7, 11) is 2.96. The van der Waals surface area contributed by atoms with Gasteiger partial charge in [-0.05, 0) is 24.1 Å². The molecule has 4 rings (SSSR count). The van der Waals surface area contributed by atoms with Crippen LogP contribution in [0, 0.1) is 0 Å². The van der Waals surface area contributed by atoms with Crippen LogP contribution in [0.3, 0.4) is 0 Å². The number of aromatic nitrogens is 1. The Bertz CT molecular complexity index is 1020. The average Bonchev–Trinajstić information content (AvgIpc) is 2.58. The van der Waals surface area contributed by atoms with E-state index in [2.05, 4.69) is 0 Å². The van der Waals surface area contributed by atoms with E-state index in [1.807, 2.05) is 0 Å². The molecular weight excluding hydrogens is 360 g/mol. The van der Waals surface area contributed by atoms with Crippen LogP contribution in [0.5, 0.6) is 11.5 Å². The second-order valence-corrected chi connectivity index (χ2v) is 7.09. The molecule has 1 fully saturated rings. The van der Waals surface area contributed by atoms with Crippen molar-refractivity contribution >= 4 is 5.97 Å². The zero-order valence-corrected chi connectivity index (χ0v) is 14.7. The third kappa shape index (κ3) is 2.50. The summed E-state index contributed by atoms with van der Waals surface area (Å²) in [5.41, 5.74) is -0.269. The Morgan fingerprint density at radius 3 is 2.33 bits per heavy atom. The predicted octanol–water partition coefficient (Wildman–Crippen LogP) is 2.91. The number of rotatable bonds is 3. The normalized spacial score (nSPS) is 18.2. The molecule has 0 atom stereocenters. The number of fused-ring (bicyclic) bond motifs is 4. The largest absolute Gasteiger partial charge is 0.493 e. The van der Waals surface area contributed by atoms with Gasteiger partial charge in [0.15, 0.2) is 16.9 Å². The quantitative estimate of drug-likeness (QED) is 0.890. The number of halogens is 2. The van der Waals surface area contributed by atoms with Crippen LogP contribution in [0.25, 0.3) is 11.3 Å². The van der Waals surface area contributed by atoms with Crippen LogP contribution >= 0.6 is 0 Å². The predicted molar refractivity (Wildman–Crippen MR) is 92.1 cm³/mol. The molecule has 2 heterocycles. The molecule has 1 aliphatic heterocycles. The number of carbonyl (C=O) groups is 1. The maximum atomic E-state index is 13.8. The van der Waals surface area contributed by atoms with E-state index in [1.165, 1.54) is 31.0 Å². The lowest BCUT2D eigenvalue weighted by molar-refractivity contribution is -0.152. The van der Waals surface area contributed by atoms with Crippen molar-refractivity contribution in [2.75, 3.05) is 14.2 Å². The third-order valence-electron chi connectivity index (χ3n) is 5.37. The molecule has 27 heavy (non-hydrogen) atoms. The first-order chi connectivity index (χ1) is 12.7. The fourth-order valence-electron chi connectivity index (χ4n) is 4.25. The van der Waals surface area contributed by atoms with Crippen molar-refractivity contribution in [2.24, 2.45) is 0 Å². The minimum atomic E-state index is -2.82. The van der Waals surface area contributed by atoms with E-state index in [1.54, 1.807) is 12.1 Å². The molecule has 6 nitrogen and oxygen atoms in total. The fourth-order valence-corrected chi connectivity index (χ4v) is 4.25. The van der Waals surface area contributed by atoms with E-state index in [-0.39, 0.29) is 6.42 Å². The second kappa shape index (κ2) is 5.55. The molecule has 1 N–H and O–H groups in total. The number of methoxy groups -OCH3 is 2. The van der Waals surface area contributed by atoms with Gasteiger partial charge in [-0.15, -0.1) is 0 Å². The van der Waals surface area contributed by atoms with Gasteiger partial charge < -0.3 is 19.1 Å². The highest BCUT2D eigenvalue weighted by molar-refractivity contribution is 5.88. The van der Waals surface area contributed by atoms with Gasteiger partial charge in [0.25, 0.3) is 5.92 Å². The van der Waals surface area contributed by atoms with Crippen LogP contribution in [0.2, 0.25) is 0 Å². The number of nitrogens with zero attached hydrogens (tertiary/aromatic N) is 1. The van der Waals surface area contributed by atoms with Crippen molar-refractivity contribution in [1.82, 2.24) is 4.57 Å². The molecule has 1 saturated carbocycles. The Hall–Kier alpha value is -2.90. The molecule has 0 bridgehead atoms. The lowest BCUT2D eigenvalue weighted by atomic mass is 9.67. The van der Waals surface area contributed by atoms with Gasteiger partial charge in [-0.25, -0.2) is 13.6 Å². The number of benzene rings is 1. The number of aromatic carboxylic acids is 1. The summed E-state index contributed by atoms with van der Waals surface area (Å²) in [6.45, 7) is 0. The molecular formula is C19H17F2NO5. The van der Waals surface area contributed by atoms with E-state index in [4.69, 9.17) is 9.47 Å². The third-order valence-corrected chi connectivity index (χ3v) is 5.37. The van der Waals surface area contributed by atoms with Crippen LogP contribution in [0.1, 0.15) is 28.8 Å². The zero-order chi connectivity index (χ0) is 19.6. The summed E-state index contributed by atoms with van der Waals surface area (Å²) < 4.78 is 39.8. The van der Waals surface area contributed by atoms with Crippen LogP contribution in [0.4, 0.5) is 8.78 Å². The van der Waals surface area contributed by atoms with Gasteiger partial charge in [-0.1, -0.05) is 0 Å². The minimum absolute atomic E-state index is 0.285. The van der Waals surface area contributed by atoms with Gasteiger partial charge in [0.2, 0.25) is 0 Å². The summed E-state index contributed by atoms with van der Waals surface area (Å²) in [5.74, 6) is -3.30. The Balaban J connectivity index is 1.99. The van der Waals surface area contributed by atoms with Gasteiger partial charge in [-0.3, -0.25) is 4.79 Å². The first-order valence-electron chi connectivity index (χ1n) is 8.33. The molecule has 1 aromatic carbocycles. The molecule has 1 aliphatic carbocycles. The van der Waals surface area contributed by atoms with Gasteiger partial charge in [-0.2, -0.15) is 0 Å². The number of ether oxygens (including phenoxy) is 2. The topological polar surface area (TPSA) is 77.8 Å².